The van der Waals surface area contributed by atoms with Gasteiger partial charge in [-0.2, -0.15) is 13.2 Å². The summed E-state index contributed by atoms with van der Waals surface area (Å²) in [5.41, 5.74) is 3.29. The van der Waals surface area contributed by atoms with Crippen molar-refractivity contribution in [1.29, 1.82) is 0 Å². The molecule has 0 radical (unpaired) electrons. The van der Waals surface area contributed by atoms with Gasteiger partial charge in [0.25, 0.3) is 5.91 Å². The Morgan fingerprint density at radius 1 is 1.09 bits per heavy atom. The topological polar surface area (TPSA) is 58.4 Å². The molecule has 0 spiro atoms. The van der Waals surface area contributed by atoms with Crippen molar-refractivity contribution in [2.45, 2.75) is 59.5 Å². The van der Waals surface area contributed by atoms with Gasteiger partial charge in [0.1, 0.15) is 6.26 Å². The van der Waals surface area contributed by atoms with Gasteiger partial charge in [-0.25, -0.2) is 4.98 Å². The maximum atomic E-state index is 13.2. The van der Waals surface area contributed by atoms with Crippen LogP contribution < -0.4 is 5.32 Å². The smallest absolute Gasteiger partial charge is 0.416 e. The van der Waals surface area contributed by atoms with E-state index in [2.05, 4.69) is 16.4 Å². The lowest BCUT2D eigenvalue weighted by atomic mass is 10.0. The standard InChI is InChI=1S/C25H28F3N3O2/c1-16(2)29-24(32)22-15-33-23(30-22)14-31(13-20-9-8-17(3)10-18(20)4)12-19-6-5-7-21(11-19)25(26,27)28/h5-11,15-16H,12-14H2,1-4H3,(H,29,32). The van der Waals surface area contributed by atoms with Gasteiger partial charge >= 0.3 is 6.18 Å². The van der Waals surface area contributed by atoms with Crippen LogP contribution in [-0.2, 0) is 25.8 Å². The first-order chi connectivity index (χ1) is 15.5. The molecule has 33 heavy (non-hydrogen) atoms. The minimum Gasteiger partial charge on any atom is -0.447 e. The Labute approximate surface area is 191 Å². The Morgan fingerprint density at radius 3 is 2.52 bits per heavy atom. The third-order valence-electron chi connectivity index (χ3n) is 5.12. The fraction of sp³-hybridized carbons (Fsp3) is 0.360. The third-order valence-corrected chi connectivity index (χ3v) is 5.12. The van der Waals surface area contributed by atoms with Gasteiger partial charge in [-0.05, 0) is 50.5 Å². The van der Waals surface area contributed by atoms with Crippen molar-refractivity contribution in [3.8, 4) is 0 Å². The lowest BCUT2D eigenvalue weighted by Gasteiger charge is -2.23. The van der Waals surface area contributed by atoms with Gasteiger partial charge in [0.15, 0.2) is 5.69 Å². The lowest BCUT2D eigenvalue weighted by Crippen LogP contribution is -2.30. The highest BCUT2D eigenvalue weighted by molar-refractivity contribution is 5.92. The van der Waals surface area contributed by atoms with Crippen LogP contribution in [-0.4, -0.2) is 21.8 Å². The molecule has 0 fully saturated rings. The molecule has 1 N–H and O–H groups in total. The van der Waals surface area contributed by atoms with E-state index in [9.17, 15) is 18.0 Å². The first kappa shape index (κ1) is 24.5. The van der Waals surface area contributed by atoms with Crippen molar-refractivity contribution < 1.29 is 22.4 Å². The fourth-order valence-corrected chi connectivity index (χ4v) is 3.55. The monoisotopic (exact) mass is 459 g/mol. The van der Waals surface area contributed by atoms with E-state index in [0.29, 0.717) is 18.0 Å². The zero-order valence-electron chi connectivity index (χ0n) is 19.2. The summed E-state index contributed by atoms with van der Waals surface area (Å²) in [6, 6.07) is 11.3. The first-order valence-electron chi connectivity index (χ1n) is 10.7. The maximum Gasteiger partial charge on any atom is 0.416 e. The number of benzene rings is 2. The largest absolute Gasteiger partial charge is 0.447 e. The number of aromatic nitrogens is 1. The maximum absolute atomic E-state index is 13.2. The van der Waals surface area contributed by atoms with Gasteiger partial charge < -0.3 is 9.73 Å². The van der Waals surface area contributed by atoms with E-state index in [1.807, 2.05) is 44.7 Å². The van der Waals surface area contributed by atoms with Crippen molar-refractivity contribution >= 4 is 5.91 Å². The molecule has 0 saturated heterocycles. The molecule has 0 aliphatic rings. The Balaban J connectivity index is 1.84. The molecule has 0 aliphatic carbocycles. The zero-order valence-corrected chi connectivity index (χ0v) is 19.2. The molecule has 0 unspecified atom stereocenters. The normalized spacial score (nSPS) is 11.9. The molecule has 1 amide bonds. The zero-order chi connectivity index (χ0) is 24.2. The number of aryl methyl sites for hydroxylation is 2. The predicted octanol–water partition coefficient (Wildman–Crippen LogP) is 5.65. The van der Waals surface area contributed by atoms with Crippen molar-refractivity contribution in [1.82, 2.24) is 15.2 Å². The van der Waals surface area contributed by atoms with Crippen LogP contribution in [0.3, 0.4) is 0 Å². The summed E-state index contributed by atoms with van der Waals surface area (Å²) < 4.78 is 45.1. The molecule has 5 nitrogen and oxygen atoms in total. The van der Waals surface area contributed by atoms with Gasteiger partial charge in [-0.15, -0.1) is 0 Å². The molecule has 0 bridgehead atoms. The molecule has 2 aromatic carbocycles. The summed E-state index contributed by atoms with van der Waals surface area (Å²) in [5, 5.41) is 2.76. The van der Waals surface area contributed by atoms with Gasteiger partial charge in [0, 0.05) is 19.1 Å². The van der Waals surface area contributed by atoms with Gasteiger partial charge in [-0.1, -0.05) is 42.0 Å². The fourth-order valence-electron chi connectivity index (χ4n) is 3.55. The molecule has 0 atom stereocenters. The summed E-state index contributed by atoms with van der Waals surface area (Å²) >= 11 is 0. The highest BCUT2D eigenvalue weighted by Crippen LogP contribution is 2.30. The van der Waals surface area contributed by atoms with Crippen LogP contribution in [0.15, 0.2) is 53.1 Å². The van der Waals surface area contributed by atoms with E-state index < -0.39 is 11.7 Å². The summed E-state index contributed by atoms with van der Waals surface area (Å²) in [6.07, 6.45) is -3.11. The number of oxazole rings is 1. The van der Waals surface area contributed by atoms with Crippen molar-refractivity contribution in [3.05, 3.63) is 88.1 Å². The molecule has 0 saturated carbocycles. The third kappa shape index (κ3) is 6.92. The van der Waals surface area contributed by atoms with E-state index >= 15 is 0 Å². The SMILES string of the molecule is Cc1ccc(CN(Cc2cccc(C(F)(F)F)c2)Cc2nc(C(=O)NC(C)C)co2)c(C)c1. The highest BCUT2D eigenvalue weighted by atomic mass is 19.4. The molecule has 8 heteroatoms. The first-order valence-corrected chi connectivity index (χ1v) is 10.7. The molecule has 1 heterocycles. The summed E-state index contributed by atoms with van der Waals surface area (Å²) in [7, 11) is 0. The van der Waals surface area contributed by atoms with Crippen molar-refractivity contribution in [2.24, 2.45) is 0 Å². The van der Waals surface area contributed by atoms with Crippen LogP contribution in [0.25, 0.3) is 0 Å². The van der Waals surface area contributed by atoms with E-state index in [-0.39, 0.29) is 30.7 Å². The van der Waals surface area contributed by atoms with Crippen LogP contribution in [0.5, 0.6) is 0 Å². The second kappa shape index (κ2) is 10.2. The summed E-state index contributed by atoms with van der Waals surface area (Å²) in [6.45, 7) is 8.68. The number of alkyl halides is 3. The van der Waals surface area contributed by atoms with Crippen molar-refractivity contribution in [3.63, 3.8) is 0 Å². The molecule has 0 aliphatic heterocycles. The molecule has 3 aromatic rings. The second-order valence-electron chi connectivity index (χ2n) is 8.53. The minimum atomic E-state index is -4.41. The number of nitrogens with one attached hydrogen (secondary N) is 1. The molecule has 1 aromatic heterocycles. The van der Waals surface area contributed by atoms with E-state index in [1.165, 1.54) is 12.3 Å². The van der Waals surface area contributed by atoms with Gasteiger partial charge in [0.2, 0.25) is 5.89 Å². The number of hydrogen-bond acceptors (Lipinski definition) is 4. The number of carbonyl (C=O) groups excluding carboxylic acids is 1. The quantitative estimate of drug-likeness (QED) is 0.473. The minimum absolute atomic E-state index is 0.0421. The number of amides is 1. The number of carbonyl (C=O) groups is 1. The van der Waals surface area contributed by atoms with Gasteiger partial charge in [0.05, 0.1) is 12.1 Å². The Morgan fingerprint density at radius 2 is 1.85 bits per heavy atom. The molecule has 3 rings (SSSR count). The summed E-state index contributed by atoms with van der Waals surface area (Å²) in [5.74, 6) is -0.0144. The van der Waals surface area contributed by atoms with Crippen molar-refractivity contribution in [2.75, 3.05) is 0 Å². The number of nitrogens with zero attached hydrogens (tertiary/aromatic N) is 2. The van der Waals surface area contributed by atoms with Crippen LogP contribution in [0.1, 0.15) is 58.0 Å². The van der Waals surface area contributed by atoms with Gasteiger partial charge in [-0.3, -0.25) is 9.69 Å². The predicted molar refractivity (Wildman–Crippen MR) is 119 cm³/mol. The number of hydrogen-bond donors (Lipinski definition) is 1. The number of halogens is 3. The molecule has 176 valence electrons. The average Bonchev–Trinajstić information content (AvgIpc) is 3.18. The van der Waals surface area contributed by atoms with E-state index in [4.69, 9.17) is 4.42 Å². The Kier molecular flexibility index (Phi) is 7.58. The molecular weight excluding hydrogens is 431 g/mol. The molecular formula is C25H28F3N3O2. The highest BCUT2D eigenvalue weighted by Gasteiger charge is 2.30. The second-order valence-corrected chi connectivity index (χ2v) is 8.53. The van der Waals surface area contributed by atoms with Crippen LogP contribution in [0.4, 0.5) is 13.2 Å². The Bertz CT molecular complexity index is 1110. The average molecular weight is 460 g/mol. The summed E-state index contributed by atoms with van der Waals surface area (Å²) in [4.78, 5) is 18.4. The Hall–Kier alpha value is -3.13. The van der Waals surface area contributed by atoms with Crippen LogP contribution in [0.2, 0.25) is 0 Å². The van der Waals surface area contributed by atoms with Crippen LogP contribution >= 0.6 is 0 Å². The lowest BCUT2D eigenvalue weighted by molar-refractivity contribution is -0.137. The van der Waals surface area contributed by atoms with Crippen LogP contribution in [0, 0.1) is 13.8 Å². The van der Waals surface area contributed by atoms with E-state index in [1.54, 1.807) is 6.07 Å². The van der Waals surface area contributed by atoms with E-state index in [0.717, 1.165) is 28.8 Å². The number of rotatable bonds is 8.